The molecule has 7 nitrogen and oxygen atoms in total. The summed E-state index contributed by atoms with van der Waals surface area (Å²) >= 11 is 0. The zero-order valence-corrected chi connectivity index (χ0v) is 10.4. The van der Waals surface area contributed by atoms with Crippen molar-refractivity contribution in [2.45, 2.75) is 31.7 Å². The lowest BCUT2D eigenvalue weighted by molar-refractivity contribution is -0.139. The zero-order chi connectivity index (χ0) is 13.5. The van der Waals surface area contributed by atoms with Crippen LogP contribution in [-0.4, -0.2) is 54.1 Å². The Morgan fingerprint density at radius 1 is 1.22 bits per heavy atom. The summed E-state index contributed by atoms with van der Waals surface area (Å²) in [7, 11) is 1.41. The Bertz CT molecular complexity index is 326. The maximum absolute atomic E-state index is 11.6. The van der Waals surface area contributed by atoms with Crippen LogP contribution in [0.25, 0.3) is 0 Å². The number of carboxylic acids is 1. The molecule has 0 heterocycles. The quantitative estimate of drug-likeness (QED) is 0.632. The summed E-state index contributed by atoms with van der Waals surface area (Å²) in [4.78, 5) is 34.9. The fraction of sp³-hybridized carbons (Fsp3) is 0.727. The lowest BCUT2D eigenvalue weighted by atomic mass is 10.2. The van der Waals surface area contributed by atoms with Crippen LogP contribution in [0.15, 0.2) is 0 Å². The predicted octanol–water partition coefficient (Wildman–Crippen LogP) is -0.229. The minimum Gasteiger partial charge on any atom is -0.480 e. The number of carbonyl (C=O) groups excluding carboxylic acids is 2. The van der Waals surface area contributed by atoms with Crippen LogP contribution in [0, 0.1) is 0 Å². The molecule has 0 atom stereocenters. The molecule has 102 valence electrons. The van der Waals surface area contributed by atoms with E-state index in [-0.39, 0.29) is 19.1 Å². The monoisotopic (exact) mass is 257 g/mol. The van der Waals surface area contributed by atoms with Gasteiger partial charge in [-0.15, -0.1) is 0 Å². The molecule has 0 spiro atoms. The molecule has 1 rings (SSSR count). The smallest absolute Gasteiger partial charge is 0.321 e. The van der Waals surface area contributed by atoms with E-state index in [2.05, 4.69) is 10.6 Å². The van der Waals surface area contributed by atoms with E-state index in [0.717, 1.165) is 25.7 Å². The van der Waals surface area contributed by atoms with Crippen molar-refractivity contribution in [1.29, 1.82) is 0 Å². The van der Waals surface area contributed by atoms with Gasteiger partial charge >= 0.3 is 12.0 Å². The average molecular weight is 257 g/mol. The summed E-state index contributed by atoms with van der Waals surface area (Å²) in [6.07, 6.45) is 3.91. The minimum atomic E-state index is -0.963. The second kappa shape index (κ2) is 6.95. The molecule has 0 radical (unpaired) electrons. The highest BCUT2D eigenvalue weighted by Crippen LogP contribution is 2.22. The summed E-state index contributed by atoms with van der Waals surface area (Å²) < 4.78 is 0. The van der Waals surface area contributed by atoms with Crippen molar-refractivity contribution in [3.63, 3.8) is 0 Å². The molecule has 0 aromatic rings. The standard InChI is InChI=1S/C11H19N3O4/c1-12-11(18)13-9(15)6-14(7-10(16)17)8-4-2-3-5-8/h8H,2-7H2,1H3,(H,16,17)(H2,12,13,15,18). The molecule has 1 aliphatic carbocycles. The third kappa shape index (κ3) is 4.70. The first-order valence-corrected chi connectivity index (χ1v) is 6.00. The van der Waals surface area contributed by atoms with E-state index in [1.165, 1.54) is 7.05 Å². The number of imide groups is 1. The highest BCUT2D eigenvalue weighted by molar-refractivity contribution is 5.95. The first-order chi connectivity index (χ1) is 8.52. The average Bonchev–Trinajstić information content (AvgIpc) is 2.80. The molecule has 1 fully saturated rings. The van der Waals surface area contributed by atoms with Crippen LogP contribution in [0.1, 0.15) is 25.7 Å². The molecule has 1 saturated carbocycles. The number of carbonyl (C=O) groups is 3. The van der Waals surface area contributed by atoms with E-state index in [9.17, 15) is 14.4 Å². The van der Waals surface area contributed by atoms with E-state index in [0.29, 0.717) is 0 Å². The maximum atomic E-state index is 11.6. The predicted molar refractivity (Wildman–Crippen MR) is 64.1 cm³/mol. The molecular formula is C11H19N3O4. The molecular weight excluding hydrogens is 238 g/mol. The van der Waals surface area contributed by atoms with E-state index in [4.69, 9.17) is 5.11 Å². The number of amides is 3. The van der Waals surface area contributed by atoms with E-state index in [1.54, 1.807) is 4.90 Å². The molecule has 3 amide bonds. The van der Waals surface area contributed by atoms with Crippen LogP contribution >= 0.6 is 0 Å². The van der Waals surface area contributed by atoms with E-state index < -0.39 is 17.9 Å². The number of aliphatic carboxylic acids is 1. The number of nitrogens with one attached hydrogen (secondary N) is 2. The molecule has 0 unspecified atom stereocenters. The van der Waals surface area contributed by atoms with Crippen molar-refractivity contribution in [2.24, 2.45) is 0 Å². The molecule has 1 aliphatic rings. The van der Waals surface area contributed by atoms with Crippen LogP contribution in [0.2, 0.25) is 0 Å². The molecule has 0 saturated heterocycles. The van der Waals surface area contributed by atoms with Gasteiger partial charge in [0, 0.05) is 13.1 Å². The number of hydrogen-bond acceptors (Lipinski definition) is 4. The first kappa shape index (κ1) is 14.4. The number of nitrogens with zero attached hydrogens (tertiary/aromatic N) is 1. The largest absolute Gasteiger partial charge is 0.480 e. The third-order valence-corrected chi connectivity index (χ3v) is 3.01. The van der Waals surface area contributed by atoms with Gasteiger partial charge in [-0.1, -0.05) is 12.8 Å². The Hall–Kier alpha value is -1.63. The number of carboxylic acid groups (broad SMARTS) is 1. The summed E-state index contributed by atoms with van der Waals surface area (Å²) in [5.74, 6) is -1.45. The fourth-order valence-electron chi connectivity index (χ4n) is 2.17. The molecule has 3 N–H and O–H groups in total. The van der Waals surface area contributed by atoms with Gasteiger partial charge in [0.15, 0.2) is 0 Å². The van der Waals surface area contributed by atoms with Gasteiger partial charge in [0.05, 0.1) is 13.1 Å². The summed E-state index contributed by atoms with van der Waals surface area (Å²) in [5.41, 5.74) is 0. The van der Waals surface area contributed by atoms with Gasteiger partial charge in [0.25, 0.3) is 0 Å². The second-order valence-electron chi connectivity index (χ2n) is 4.36. The van der Waals surface area contributed by atoms with Crippen molar-refractivity contribution < 1.29 is 19.5 Å². The van der Waals surface area contributed by atoms with Crippen LogP contribution in [0.5, 0.6) is 0 Å². The third-order valence-electron chi connectivity index (χ3n) is 3.01. The lowest BCUT2D eigenvalue weighted by Crippen LogP contribution is -2.47. The normalized spacial score (nSPS) is 15.7. The van der Waals surface area contributed by atoms with Gasteiger partial charge in [0.2, 0.25) is 5.91 Å². The van der Waals surface area contributed by atoms with Gasteiger partial charge < -0.3 is 10.4 Å². The minimum absolute atomic E-state index is 0.0651. The molecule has 0 aromatic heterocycles. The number of rotatable bonds is 5. The van der Waals surface area contributed by atoms with Crippen molar-refractivity contribution in [2.75, 3.05) is 20.1 Å². The molecule has 7 heteroatoms. The first-order valence-electron chi connectivity index (χ1n) is 6.00. The van der Waals surface area contributed by atoms with E-state index >= 15 is 0 Å². The Morgan fingerprint density at radius 3 is 2.33 bits per heavy atom. The Balaban J connectivity index is 2.51. The molecule has 0 bridgehead atoms. The van der Waals surface area contributed by atoms with Crippen LogP contribution in [-0.2, 0) is 9.59 Å². The van der Waals surface area contributed by atoms with Gasteiger partial charge in [-0.25, -0.2) is 4.79 Å². The van der Waals surface area contributed by atoms with Crippen LogP contribution in [0.3, 0.4) is 0 Å². The maximum Gasteiger partial charge on any atom is 0.321 e. The topological polar surface area (TPSA) is 98.7 Å². The summed E-state index contributed by atoms with van der Waals surface area (Å²) in [5, 5.41) is 13.2. The van der Waals surface area contributed by atoms with Crippen LogP contribution in [0.4, 0.5) is 4.79 Å². The Morgan fingerprint density at radius 2 is 1.83 bits per heavy atom. The van der Waals surface area contributed by atoms with Crippen molar-refractivity contribution in [3.05, 3.63) is 0 Å². The van der Waals surface area contributed by atoms with Crippen molar-refractivity contribution in [1.82, 2.24) is 15.5 Å². The number of urea groups is 1. The van der Waals surface area contributed by atoms with Crippen molar-refractivity contribution in [3.8, 4) is 0 Å². The van der Waals surface area contributed by atoms with E-state index in [1.807, 2.05) is 0 Å². The highest BCUT2D eigenvalue weighted by Gasteiger charge is 2.26. The van der Waals surface area contributed by atoms with Gasteiger partial charge in [-0.3, -0.25) is 19.8 Å². The van der Waals surface area contributed by atoms with Crippen molar-refractivity contribution >= 4 is 17.9 Å². The van der Waals surface area contributed by atoms with Gasteiger partial charge in [0.1, 0.15) is 0 Å². The molecule has 0 aliphatic heterocycles. The molecule has 18 heavy (non-hydrogen) atoms. The fourth-order valence-corrected chi connectivity index (χ4v) is 2.17. The Labute approximate surface area is 106 Å². The highest BCUT2D eigenvalue weighted by atomic mass is 16.4. The van der Waals surface area contributed by atoms with Gasteiger partial charge in [-0.05, 0) is 12.8 Å². The second-order valence-corrected chi connectivity index (χ2v) is 4.36. The zero-order valence-electron chi connectivity index (χ0n) is 10.4. The lowest BCUT2D eigenvalue weighted by Gasteiger charge is -2.26. The van der Waals surface area contributed by atoms with Gasteiger partial charge in [-0.2, -0.15) is 0 Å². The number of hydrogen-bond donors (Lipinski definition) is 3. The summed E-state index contributed by atoms with van der Waals surface area (Å²) in [6, 6.07) is -0.460. The summed E-state index contributed by atoms with van der Waals surface area (Å²) in [6.45, 7) is -0.240. The molecule has 0 aromatic carbocycles. The SMILES string of the molecule is CNC(=O)NC(=O)CN(CC(=O)O)C1CCCC1. The Kier molecular flexibility index (Phi) is 5.57. The van der Waals surface area contributed by atoms with Crippen LogP contribution < -0.4 is 10.6 Å².